The molecule has 2 atom stereocenters. The van der Waals surface area contributed by atoms with Crippen LogP contribution in [0.15, 0.2) is 0 Å². The number of unbranched alkanes of at least 4 members (excludes halogenated alkanes) is 27. The van der Waals surface area contributed by atoms with Crippen LogP contribution in [-0.4, -0.2) is 37.2 Å². The number of carbonyl (C=O) groups excluding carboxylic acids is 3. The largest absolute Gasteiger partial charge is 0.462 e. The van der Waals surface area contributed by atoms with E-state index in [9.17, 15) is 14.4 Å². The van der Waals surface area contributed by atoms with Crippen LogP contribution in [0.1, 0.15) is 279 Å². The molecular formula is C52H100O6. The van der Waals surface area contributed by atoms with Gasteiger partial charge in [0.15, 0.2) is 6.10 Å². The number of ether oxygens (including phenoxy) is 3. The molecule has 0 aromatic rings. The molecule has 0 radical (unpaired) electrons. The maximum atomic E-state index is 12.8. The minimum absolute atomic E-state index is 0.0651. The molecule has 0 aliphatic carbocycles. The van der Waals surface area contributed by atoms with Gasteiger partial charge in [-0.15, -0.1) is 0 Å². The van der Waals surface area contributed by atoms with E-state index in [-0.39, 0.29) is 31.1 Å². The first-order chi connectivity index (χ1) is 28.1. The van der Waals surface area contributed by atoms with E-state index >= 15 is 0 Å². The van der Waals surface area contributed by atoms with Crippen molar-refractivity contribution in [3.8, 4) is 0 Å². The maximum Gasteiger partial charge on any atom is 0.306 e. The lowest BCUT2D eigenvalue weighted by Crippen LogP contribution is -2.30. The molecule has 0 heterocycles. The van der Waals surface area contributed by atoms with Gasteiger partial charge in [-0.05, 0) is 37.0 Å². The summed E-state index contributed by atoms with van der Waals surface area (Å²) in [5.74, 6) is 1.65. The zero-order valence-electron chi connectivity index (χ0n) is 39.8. The Hall–Kier alpha value is -1.59. The van der Waals surface area contributed by atoms with Crippen molar-refractivity contribution in [2.24, 2.45) is 17.8 Å². The Kier molecular flexibility index (Phi) is 42.3. The van der Waals surface area contributed by atoms with Crippen LogP contribution in [0.5, 0.6) is 0 Å². The summed E-state index contributed by atoms with van der Waals surface area (Å²) >= 11 is 0. The first-order valence-electron chi connectivity index (χ1n) is 25.6. The van der Waals surface area contributed by atoms with E-state index in [0.717, 1.165) is 75.5 Å². The molecule has 0 aliphatic rings. The van der Waals surface area contributed by atoms with Crippen LogP contribution >= 0.6 is 0 Å². The highest BCUT2D eigenvalue weighted by molar-refractivity contribution is 5.71. The van der Waals surface area contributed by atoms with E-state index < -0.39 is 6.10 Å². The van der Waals surface area contributed by atoms with Gasteiger partial charge in [0.25, 0.3) is 0 Å². The number of rotatable bonds is 45. The van der Waals surface area contributed by atoms with E-state index in [4.69, 9.17) is 14.2 Å². The molecule has 344 valence electrons. The lowest BCUT2D eigenvalue weighted by molar-refractivity contribution is -0.167. The summed E-state index contributed by atoms with van der Waals surface area (Å²) in [6.45, 7) is 13.7. The molecule has 58 heavy (non-hydrogen) atoms. The van der Waals surface area contributed by atoms with Crippen LogP contribution in [0.2, 0.25) is 0 Å². The SMILES string of the molecule is CCC(C)CCCCCCCCCCCCC(=O)OC[C@@H](COC(=O)CCCCCCCCCCCC(C)C)OC(=O)CCCCCCCCCCCCCC(C)C. The molecule has 0 fully saturated rings. The van der Waals surface area contributed by atoms with Crippen molar-refractivity contribution in [3.63, 3.8) is 0 Å². The van der Waals surface area contributed by atoms with Gasteiger partial charge in [0.05, 0.1) is 0 Å². The van der Waals surface area contributed by atoms with Crippen molar-refractivity contribution in [3.05, 3.63) is 0 Å². The van der Waals surface area contributed by atoms with E-state index in [1.165, 1.54) is 161 Å². The fourth-order valence-corrected chi connectivity index (χ4v) is 7.73. The van der Waals surface area contributed by atoms with Crippen LogP contribution in [0.4, 0.5) is 0 Å². The summed E-state index contributed by atoms with van der Waals surface area (Å²) < 4.78 is 16.8. The molecule has 0 saturated carbocycles. The smallest absolute Gasteiger partial charge is 0.306 e. The Labute approximate surface area is 361 Å². The molecule has 0 rings (SSSR count). The Morgan fingerprint density at radius 3 is 0.897 bits per heavy atom. The second-order valence-corrected chi connectivity index (χ2v) is 19.0. The van der Waals surface area contributed by atoms with Gasteiger partial charge in [-0.2, -0.15) is 0 Å². The zero-order chi connectivity index (χ0) is 42.7. The van der Waals surface area contributed by atoms with Gasteiger partial charge in [0.1, 0.15) is 13.2 Å². The van der Waals surface area contributed by atoms with Crippen molar-refractivity contribution in [2.45, 2.75) is 285 Å². The highest BCUT2D eigenvalue weighted by atomic mass is 16.6. The average molecular weight is 821 g/mol. The maximum absolute atomic E-state index is 12.8. The van der Waals surface area contributed by atoms with Gasteiger partial charge in [0, 0.05) is 19.3 Å². The zero-order valence-corrected chi connectivity index (χ0v) is 39.8. The summed E-state index contributed by atoms with van der Waals surface area (Å²) in [6, 6.07) is 0. The third-order valence-electron chi connectivity index (χ3n) is 12.0. The molecule has 1 unspecified atom stereocenters. The average Bonchev–Trinajstić information content (AvgIpc) is 3.19. The van der Waals surface area contributed by atoms with Gasteiger partial charge in [-0.3, -0.25) is 14.4 Å². The molecule has 0 aromatic carbocycles. The molecule has 0 aliphatic heterocycles. The summed E-state index contributed by atoms with van der Waals surface area (Å²) in [6.07, 6.45) is 42.2. The van der Waals surface area contributed by atoms with E-state index in [0.29, 0.717) is 19.3 Å². The van der Waals surface area contributed by atoms with E-state index in [1.54, 1.807) is 0 Å². The summed E-state index contributed by atoms with van der Waals surface area (Å²) in [5.41, 5.74) is 0. The van der Waals surface area contributed by atoms with E-state index in [1.807, 2.05) is 0 Å². The highest BCUT2D eigenvalue weighted by Crippen LogP contribution is 2.18. The van der Waals surface area contributed by atoms with Crippen molar-refractivity contribution >= 4 is 17.9 Å². The minimum Gasteiger partial charge on any atom is -0.462 e. The van der Waals surface area contributed by atoms with Gasteiger partial charge < -0.3 is 14.2 Å². The second kappa shape index (κ2) is 43.5. The molecule has 0 bridgehead atoms. The fourth-order valence-electron chi connectivity index (χ4n) is 7.73. The number of carbonyl (C=O) groups is 3. The van der Waals surface area contributed by atoms with Crippen LogP contribution in [0, 0.1) is 17.8 Å². The number of hydrogen-bond donors (Lipinski definition) is 0. The van der Waals surface area contributed by atoms with Crippen molar-refractivity contribution in [2.75, 3.05) is 13.2 Å². The Morgan fingerprint density at radius 1 is 0.345 bits per heavy atom. The molecule has 0 amide bonds. The van der Waals surface area contributed by atoms with Crippen molar-refractivity contribution in [1.29, 1.82) is 0 Å². The minimum atomic E-state index is -0.763. The highest BCUT2D eigenvalue weighted by Gasteiger charge is 2.19. The third-order valence-corrected chi connectivity index (χ3v) is 12.0. The predicted molar refractivity (Wildman–Crippen MR) is 247 cm³/mol. The molecule has 0 aromatic heterocycles. The third kappa shape index (κ3) is 44.0. The van der Waals surface area contributed by atoms with Crippen LogP contribution < -0.4 is 0 Å². The number of hydrogen-bond acceptors (Lipinski definition) is 6. The number of esters is 3. The lowest BCUT2D eigenvalue weighted by Gasteiger charge is -2.18. The van der Waals surface area contributed by atoms with Gasteiger partial charge in [-0.1, -0.05) is 241 Å². The molecule has 0 N–H and O–H groups in total. The molecule has 0 saturated heterocycles. The Balaban J connectivity index is 4.34. The summed E-state index contributed by atoms with van der Waals surface area (Å²) in [4.78, 5) is 37.9. The Bertz CT molecular complexity index is 900. The van der Waals surface area contributed by atoms with Crippen molar-refractivity contribution in [1.82, 2.24) is 0 Å². The van der Waals surface area contributed by atoms with Crippen LogP contribution in [0.25, 0.3) is 0 Å². The Morgan fingerprint density at radius 2 is 0.603 bits per heavy atom. The van der Waals surface area contributed by atoms with Crippen LogP contribution in [0.3, 0.4) is 0 Å². The first-order valence-corrected chi connectivity index (χ1v) is 25.6. The predicted octanol–water partition coefficient (Wildman–Crippen LogP) is 16.4. The molecule has 6 heteroatoms. The van der Waals surface area contributed by atoms with Gasteiger partial charge >= 0.3 is 17.9 Å². The molecular weight excluding hydrogens is 721 g/mol. The van der Waals surface area contributed by atoms with E-state index in [2.05, 4.69) is 41.5 Å². The monoisotopic (exact) mass is 821 g/mol. The topological polar surface area (TPSA) is 78.9 Å². The van der Waals surface area contributed by atoms with Gasteiger partial charge in [-0.25, -0.2) is 0 Å². The van der Waals surface area contributed by atoms with Gasteiger partial charge in [0.2, 0.25) is 0 Å². The fraction of sp³-hybridized carbons (Fsp3) is 0.942. The summed E-state index contributed by atoms with van der Waals surface area (Å²) in [5, 5.41) is 0. The normalized spacial score (nSPS) is 12.6. The lowest BCUT2D eigenvalue weighted by atomic mass is 9.99. The first kappa shape index (κ1) is 56.4. The quantitative estimate of drug-likeness (QED) is 0.0346. The molecule has 0 spiro atoms. The second-order valence-electron chi connectivity index (χ2n) is 19.0. The van der Waals surface area contributed by atoms with Crippen molar-refractivity contribution < 1.29 is 28.6 Å². The van der Waals surface area contributed by atoms with Crippen LogP contribution in [-0.2, 0) is 28.6 Å². The standard InChI is InChI=1S/C52H100O6/c1-7-48(6)40-34-28-22-16-11-12-17-23-29-35-41-50(53)56-44-49(45-57-51(54)42-36-30-24-19-13-15-21-27-33-39-47(4)5)58-52(55)43-37-31-25-18-10-8-9-14-20-26-32-38-46(2)3/h46-49H,7-45H2,1-6H3/t48?,49-/m0/s1. The molecule has 6 nitrogen and oxygen atoms in total. The summed E-state index contributed by atoms with van der Waals surface area (Å²) in [7, 11) is 0.